The van der Waals surface area contributed by atoms with Crippen molar-refractivity contribution < 1.29 is 23.8 Å². The van der Waals surface area contributed by atoms with Gasteiger partial charge in [0, 0.05) is 43.6 Å². The molecule has 0 spiro atoms. The lowest BCUT2D eigenvalue weighted by molar-refractivity contribution is -0.116. The van der Waals surface area contributed by atoms with Gasteiger partial charge in [-0.2, -0.15) is 0 Å². The number of aryl methyl sites for hydroxylation is 1. The highest BCUT2D eigenvalue weighted by Crippen LogP contribution is 2.39. The molecule has 7 heteroatoms. The summed E-state index contributed by atoms with van der Waals surface area (Å²) in [6.45, 7) is 9.60. The number of ketones is 1. The largest absolute Gasteiger partial charge is 0.492 e. The monoisotopic (exact) mass is 440 g/mol. The Hall–Kier alpha value is -3.06. The highest BCUT2D eigenvalue weighted by molar-refractivity contribution is 6.00. The van der Waals surface area contributed by atoms with E-state index in [9.17, 15) is 9.59 Å². The van der Waals surface area contributed by atoms with E-state index in [1.54, 1.807) is 18.2 Å². The minimum absolute atomic E-state index is 0.0529. The Bertz CT molecular complexity index is 921. The van der Waals surface area contributed by atoms with Crippen molar-refractivity contribution in [1.82, 2.24) is 0 Å². The smallest absolute Gasteiger partial charge is 0.224 e. The molecule has 7 nitrogen and oxygen atoms in total. The maximum absolute atomic E-state index is 12.6. The third kappa shape index (κ3) is 6.23. The Labute approximate surface area is 189 Å². The van der Waals surface area contributed by atoms with Crippen molar-refractivity contribution in [3.8, 4) is 11.5 Å². The molecule has 0 saturated carbocycles. The summed E-state index contributed by atoms with van der Waals surface area (Å²) in [6, 6.07) is 11.1. The Morgan fingerprint density at radius 1 is 0.969 bits per heavy atom. The first-order chi connectivity index (χ1) is 15.5. The van der Waals surface area contributed by atoms with Crippen LogP contribution in [0.25, 0.3) is 0 Å². The first-order valence-corrected chi connectivity index (χ1v) is 11.2. The van der Waals surface area contributed by atoms with E-state index in [4.69, 9.17) is 14.2 Å². The van der Waals surface area contributed by atoms with Crippen LogP contribution < -0.4 is 19.7 Å². The fourth-order valence-electron chi connectivity index (χ4n) is 3.57. The highest BCUT2D eigenvalue weighted by atomic mass is 16.5. The SMILES string of the molecule is CCOc1cc(N2CCOCC2)c(OCC)cc1NC(=O)CCC(=O)c1ccc(C)cc1. The van der Waals surface area contributed by atoms with E-state index >= 15 is 0 Å². The molecule has 1 aliphatic rings. The quantitative estimate of drug-likeness (QED) is 0.557. The normalized spacial score (nSPS) is 13.5. The van der Waals surface area contributed by atoms with Crippen molar-refractivity contribution >= 4 is 23.1 Å². The summed E-state index contributed by atoms with van der Waals surface area (Å²) in [5.74, 6) is 0.968. The van der Waals surface area contributed by atoms with Crippen molar-refractivity contribution in [3.63, 3.8) is 0 Å². The molecule has 0 unspecified atom stereocenters. The van der Waals surface area contributed by atoms with E-state index in [0.717, 1.165) is 24.3 Å². The number of amides is 1. The molecule has 1 saturated heterocycles. The molecule has 1 N–H and O–H groups in total. The van der Waals surface area contributed by atoms with Gasteiger partial charge in [0.15, 0.2) is 5.78 Å². The Kier molecular flexibility index (Phi) is 8.50. The molecule has 172 valence electrons. The van der Waals surface area contributed by atoms with Crippen molar-refractivity contribution in [2.24, 2.45) is 0 Å². The summed E-state index contributed by atoms with van der Waals surface area (Å²) in [7, 11) is 0. The zero-order chi connectivity index (χ0) is 22.9. The van der Waals surface area contributed by atoms with Gasteiger partial charge in [0.1, 0.15) is 11.5 Å². The number of Topliss-reactive ketones (excluding diaryl/α,β-unsaturated/α-hetero) is 1. The van der Waals surface area contributed by atoms with Gasteiger partial charge in [-0.15, -0.1) is 0 Å². The molecule has 32 heavy (non-hydrogen) atoms. The van der Waals surface area contributed by atoms with E-state index in [0.29, 0.717) is 49.2 Å². The van der Waals surface area contributed by atoms with Gasteiger partial charge in [-0.3, -0.25) is 9.59 Å². The molecule has 2 aromatic rings. The zero-order valence-electron chi connectivity index (χ0n) is 19.1. The summed E-state index contributed by atoms with van der Waals surface area (Å²) in [6.07, 6.45) is 0.233. The van der Waals surface area contributed by atoms with Crippen LogP contribution in [0.1, 0.15) is 42.6 Å². The van der Waals surface area contributed by atoms with E-state index < -0.39 is 0 Å². The molecule has 0 aliphatic carbocycles. The minimum Gasteiger partial charge on any atom is -0.492 e. The van der Waals surface area contributed by atoms with Gasteiger partial charge in [0.05, 0.1) is 37.8 Å². The van der Waals surface area contributed by atoms with Crippen LogP contribution in [0.3, 0.4) is 0 Å². The lowest BCUT2D eigenvalue weighted by Gasteiger charge is -2.31. The predicted octanol–water partition coefficient (Wildman–Crippen LogP) is 4.23. The number of hydrogen-bond donors (Lipinski definition) is 1. The topological polar surface area (TPSA) is 77.1 Å². The second kappa shape index (κ2) is 11.5. The number of hydrogen-bond acceptors (Lipinski definition) is 6. The second-order valence-corrected chi connectivity index (χ2v) is 7.62. The van der Waals surface area contributed by atoms with E-state index in [-0.39, 0.29) is 24.5 Å². The fraction of sp³-hybridized carbons (Fsp3) is 0.440. The van der Waals surface area contributed by atoms with Crippen molar-refractivity contribution in [1.29, 1.82) is 0 Å². The van der Waals surface area contributed by atoms with E-state index in [1.807, 2.05) is 39.0 Å². The molecule has 1 heterocycles. The molecule has 1 amide bonds. The number of carbonyl (C=O) groups excluding carboxylic acids is 2. The van der Waals surface area contributed by atoms with Crippen LogP contribution in [0.4, 0.5) is 11.4 Å². The lowest BCUT2D eigenvalue weighted by Crippen LogP contribution is -2.36. The number of nitrogens with zero attached hydrogens (tertiary/aromatic N) is 1. The van der Waals surface area contributed by atoms with Gasteiger partial charge in [-0.25, -0.2) is 0 Å². The van der Waals surface area contributed by atoms with Gasteiger partial charge in [-0.1, -0.05) is 29.8 Å². The Balaban J connectivity index is 1.73. The third-order valence-electron chi connectivity index (χ3n) is 5.24. The van der Waals surface area contributed by atoms with Gasteiger partial charge in [0.25, 0.3) is 0 Å². The summed E-state index contributed by atoms with van der Waals surface area (Å²) in [4.78, 5) is 27.2. The third-order valence-corrected chi connectivity index (χ3v) is 5.24. The number of morpholine rings is 1. The first-order valence-electron chi connectivity index (χ1n) is 11.2. The van der Waals surface area contributed by atoms with Gasteiger partial charge in [-0.05, 0) is 20.8 Å². The maximum Gasteiger partial charge on any atom is 0.224 e. The molecule has 0 aromatic heterocycles. The molecule has 3 rings (SSSR count). The molecular weight excluding hydrogens is 408 g/mol. The highest BCUT2D eigenvalue weighted by Gasteiger charge is 2.20. The Morgan fingerprint density at radius 3 is 2.28 bits per heavy atom. The fourth-order valence-corrected chi connectivity index (χ4v) is 3.57. The van der Waals surface area contributed by atoms with E-state index in [1.165, 1.54) is 0 Å². The van der Waals surface area contributed by atoms with Crippen LogP contribution in [0.5, 0.6) is 11.5 Å². The van der Waals surface area contributed by atoms with Crippen molar-refractivity contribution in [3.05, 3.63) is 47.5 Å². The van der Waals surface area contributed by atoms with Crippen LogP contribution >= 0.6 is 0 Å². The molecule has 0 radical (unpaired) electrons. The summed E-state index contributed by atoms with van der Waals surface area (Å²) < 4.78 is 17.1. The molecule has 1 fully saturated rings. The number of anilines is 2. The van der Waals surface area contributed by atoms with E-state index in [2.05, 4.69) is 10.2 Å². The molecule has 0 atom stereocenters. The number of rotatable bonds is 10. The average molecular weight is 441 g/mol. The Morgan fingerprint density at radius 2 is 1.62 bits per heavy atom. The summed E-state index contributed by atoms with van der Waals surface area (Å²) >= 11 is 0. The van der Waals surface area contributed by atoms with Crippen LogP contribution in [0, 0.1) is 6.92 Å². The molecule has 1 aliphatic heterocycles. The van der Waals surface area contributed by atoms with Crippen LogP contribution in [0.2, 0.25) is 0 Å². The van der Waals surface area contributed by atoms with Gasteiger partial charge >= 0.3 is 0 Å². The maximum atomic E-state index is 12.6. The second-order valence-electron chi connectivity index (χ2n) is 7.62. The predicted molar refractivity (Wildman–Crippen MR) is 125 cm³/mol. The lowest BCUT2D eigenvalue weighted by atomic mass is 10.0. The van der Waals surface area contributed by atoms with Crippen LogP contribution in [-0.4, -0.2) is 51.2 Å². The average Bonchev–Trinajstić information content (AvgIpc) is 2.80. The van der Waals surface area contributed by atoms with Crippen molar-refractivity contribution in [2.45, 2.75) is 33.6 Å². The molecular formula is C25H32N2O5. The number of carbonyl (C=O) groups is 2. The van der Waals surface area contributed by atoms with Gasteiger partial charge < -0.3 is 24.4 Å². The zero-order valence-corrected chi connectivity index (χ0v) is 19.1. The number of ether oxygens (including phenoxy) is 3. The minimum atomic E-state index is -0.243. The summed E-state index contributed by atoms with van der Waals surface area (Å²) in [5.41, 5.74) is 3.17. The van der Waals surface area contributed by atoms with Crippen molar-refractivity contribution in [2.75, 3.05) is 49.7 Å². The standard InChI is InChI=1S/C25H32N2O5/c1-4-31-23-17-21(27-12-14-30-15-13-27)24(32-5-2)16-20(23)26-25(29)11-10-22(28)19-8-6-18(3)7-9-19/h6-9,16-17H,4-5,10-15H2,1-3H3,(H,26,29). The van der Waals surface area contributed by atoms with Crippen LogP contribution in [-0.2, 0) is 9.53 Å². The number of nitrogens with one attached hydrogen (secondary N) is 1. The van der Waals surface area contributed by atoms with Gasteiger partial charge in [0.2, 0.25) is 5.91 Å². The van der Waals surface area contributed by atoms with Crippen LogP contribution in [0.15, 0.2) is 36.4 Å². The molecule has 0 bridgehead atoms. The number of benzene rings is 2. The first kappa shape index (κ1) is 23.6. The molecule has 2 aromatic carbocycles. The summed E-state index contributed by atoms with van der Waals surface area (Å²) in [5, 5.41) is 2.90.